The van der Waals surface area contributed by atoms with E-state index in [4.69, 9.17) is 16.3 Å². The third-order valence-corrected chi connectivity index (χ3v) is 3.68. The van der Waals surface area contributed by atoms with E-state index >= 15 is 0 Å². The zero-order valence-corrected chi connectivity index (χ0v) is 12.6. The molecular formula is C15H18ClN3O. The van der Waals surface area contributed by atoms with Crippen molar-refractivity contribution >= 4 is 11.6 Å². The summed E-state index contributed by atoms with van der Waals surface area (Å²) in [6.07, 6.45) is 2.28. The van der Waals surface area contributed by atoms with E-state index in [0.717, 1.165) is 22.7 Å². The third-order valence-electron chi connectivity index (χ3n) is 3.25. The fourth-order valence-electron chi connectivity index (χ4n) is 2.08. The first-order chi connectivity index (χ1) is 9.63. The predicted molar refractivity (Wildman–Crippen MR) is 80.3 cm³/mol. The van der Waals surface area contributed by atoms with Crippen molar-refractivity contribution < 1.29 is 4.74 Å². The van der Waals surface area contributed by atoms with Gasteiger partial charge >= 0.3 is 0 Å². The lowest BCUT2D eigenvalue weighted by Crippen LogP contribution is -2.19. The molecule has 5 heteroatoms. The summed E-state index contributed by atoms with van der Waals surface area (Å²) in [6.45, 7) is 2.01. The highest BCUT2D eigenvalue weighted by Crippen LogP contribution is 2.23. The Morgan fingerprint density at radius 2 is 2.10 bits per heavy atom. The van der Waals surface area contributed by atoms with Crippen LogP contribution in [0.25, 0.3) is 0 Å². The summed E-state index contributed by atoms with van der Waals surface area (Å²) in [7, 11) is 3.54. The lowest BCUT2D eigenvalue weighted by molar-refractivity contribution is 0.395. The monoisotopic (exact) mass is 291 g/mol. The summed E-state index contributed by atoms with van der Waals surface area (Å²) in [4.78, 5) is 8.30. The molecule has 2 aromatic rings. The summed E-state index contributed by atoms with van der Waals surface area (Å²) in [6, 6.07) is 8.09. The van der Waals surface area contributed by atoms with Gasteiger partial charge in [0.15, 0.2) is 0 Å². The zero-order valence-electron chi connectivity index (χ0n) is 11.9. The highest BCUT2D eigenvalue weighted by molar-refractivity contribution is 6.31. The van der Waals surface area contributed by atoms with Gasteiger partial charge in [-0.25, -0.2) is 9.97 Å². The van der Waals surface area contributed by atoms with Gasteiger partial charge in [0.05, 0.1) is 7.11 Å². The van der Waals surface area contributed by atoms with Crippen molar-refractivity contribution in [3.05, 3.63) is 52.4 Å². The molecular weight excluding hydrogens is 274 g/mol. The second-order valence-electron chi connectivity index (χ2n) is 4.61. The fourth-order valence-corrected chi connectivity index (χ4v) is 2.20. The van der Waals surface area contributed by atoms with Crippen LogP contribution >= 0.6 is 11.6 Å². The highest BCUT2D eigenvalue weighted by Gasteiger charge is 2.12. The van der Waals surface area contributed by atoms with E-state index in [1.807, 2.05) is 32.2 Å². The number of benzene rings is 1. The van der Waals surface area contributed by atoms with Crippen LogP contribution in [0.15, 0.2) is 30.6 Å². The van der Waals surface area contributed by atoms with Gasteiger partial charge in [-0.05, 0) is 31.2 Å². The average molecular weight is 292 g/mol. The van der Waals surface area contributed by atoms with Crippen LogP contribution in [0.3, 0.4) is 0 Å². The Balaban J connectivity index is 2.21. The van der Waals surface area contributed by atoms with Crippen molar-refractivity contribution in [2.45, 2.75) is 19.4 Å². The summed E-state index contributed by atoms with van der Waals surface area (Å²) < 4.78 is 5.12. The molecule has 2 rings (SSSR count). The molecule has 0 saturated heterocycles. The van der Waals surface area contributed by atoms with Gasteiger partial charge in [0.2, 0.25) is 5.88 Å². The standard InChI is InChI=1S/C15H18ClN3O/c1-10-6-11(4-5-13(10)16)14(17-2)7-12-8-15(20-3)19-9-18-12/h4-6,8-9,14,17H,7H2,1-3H3. The molecule has 0 fully saturated rings. The molecule has 0 aliphatic heterocycles. The number of rotatable bonds is 5. The van der Waals surface area contributed by atoms with E-state index in [1.54, 1.807) is 7.11 Å². The molecule has 0 saturated carbocycles. The quantitative estimate of drug-likeness (QED) is 0.920. The Kier molecular flexibility index (Phi) is 4.93. The van der Waals surface area contributed by atoms with Crippen molar-refractivity contribution in [2.75, 3.05) is 14.2 Å². The van der Waals surface area contributed by atoms with Crippen LogP contribution < -0.4 is 10.1 Å². The minimum absolute atomic E-state index is 0.172. The van der Waals surface area contributed by atoms with Gasteiger partial charge in [-0.3, -0.25) is 0 Å². The number of halogens is 1. The normalized spacial score (nSPS) is 12.2. The first-order valence-corrected chi connectivity index (χ1v) is 6.80. The Morgan fingerprint density at radius 1 is 1.30 bits per heavy atom. The predicted octanol–water partition coefficient (Wildman–Crippen LogP) is 2.95. The number of hydrogen-bond acceptors (Lipinski definition) is 4. The molecule has 0 bridgehead atoms. The van der Waals surface area contributed by atoms with Crippen molar-refractivity contribution in [2.24, 2.45) is 0 Å². The molecule has 1 unspecified atom stereocenters. The highest BCUT2D eigenvalue weighted by atomic mass is 35.5. The topological polar surface area (TPSA) is 47.0 Å². The van der Waals surface area contributed by atoms with Crippen LogP contribution in [0, 0.1) is 6.92 Å². The number of nitrogens with one attached hydrogen (secondary N) is 1. The van der Waals surface area contributed by atoms with Crippen molar-refractivity contribution in [1.82, 2.24) is 15.3 Å². The summed E-state index contributed by atoms with van der Waals surface area (Å²) >= 11 is 6.07. The summed E-state index contributed by atoms with van der Waals surface area (Å²) in [5.41, 5.74) is 3.19. The van der Waals surface area contributed by atoms with Crippen LogP contribution in [-0.2, 0) is 6.42 Å². The van der Waals surface area contributed by atoms with Crippen molar-refractivity contribution in [3.63, 3.8) is 0 Å². The minimum atomic E-state index is 0.172. The van der Waals surface area contributed by atoms with Gasteiger partial charge in [0, 0.05) is 29.2 Å². The van der Waals surface area contributed by atoms with Crippen molar-refractivity contribution in [3.8, 4) is 5.88 Å². The van der Waals surface area contributed by atoms with E-state index in [0.29, 0.717) is 5.88 Å². The zero-order chi connectivity index (χ0) is 14.5. The van der Waals surface area contributed by atoms with Gasteiger partial charge in [0.25, 0.3) is 0 Å². The Hall–Kier alpha value is -1.65. The third kappa shape index (κ3) is 3.46. The number of nitrogens with zero attached hydrogens (tertiary/aromatic N) is 2. The van der Waals surface area contributed by atoms with E-state index in [-0.39, 0.29) is 6.04 Å². The second-order valence-corrected chi connectivity index (χ2v) is 5.01. The molecule has 20 heavy (non-hydrogen) atoms. The minimum Gasteiger partial charge on any atom is -0.481 e. The van der Waals surface area contributed by atoms with Gasteiger partial charge in [-0.2, -0.15) is 0 Å². The Labute approximate surface area is 124 Å². The lowest BCUT2D eigenvalue weighted by Gasteiger charge is -2.17. The maximum Gasteiger partial charge on any atom is 0.216 e. The SMILES string of the molecule is CNC(Cc1cc(OC)ncn1)c1ccc(Cl)c(C)c1. The molecule has 1 N–H and O–H groups in total. The molecule has 1 heterocycles. The van der Waals surface area contributed by atoms with E-state index < -0.39 is 0 Å². The van der Waals surface area contributed by atoms with Crippen LogP contribution in [0.5, 0.6) is 5.88 Å². The van der Waals surface area contributed by atoms with Crippen molar-refractivity contribution in [1.29, 1.82) is 0 Å². The first-order valence-electron chi connectivity index (χ1n) is 6.42. The number of hydrogen-bond donors (Lipinski definition) is 1. The van der Waals surface area contributed by atoms with Crippen LogP contribution in [0.4, 0.5) is 0 Å². The Bertz CT molecular complexity index is 589. The van der Waals surface area contributed by atoms with E-state index in [2.05, 4.69) is 21.4 Å². The maximum absolute atomic E-state index is 6.07. The van der Waals surface area contributed by atoms with Crippen LogP contribution in [-0.4, -0.2) is 24.1 Å². The fraction of sp³-hybridized carbons (Fsp3) is 0.333. The summed E-state index contributed by atoms with van der Waals surface area (Å²) in [5.74, 6) is 0.581. The largest absolute Gasteiger partial charge is 0.481 e. The maximum atomic E-state index is 6.07. The number of aromatic nitrogens is 2. The molecule has 106 valence electrons. The lowest BCUT2D eigenvalue weighted by atomic mass is 10.00. The number of ether oxygens (including phenoxy) is 1. The molecule has 0 aliphatic carbocycles. The molecule has 0 radical (unpaired) electrons. The van der Waals surface area contributed by atoms with Crippen LogP contribution in [0.1, 0.15) is 22.9 Å². The molecule has 0 spiro atoms. The number of methoxy groups -OCH3 is 1. The molecule has 0 aliphatic rings. The van der Waals surface area contributed by atoms with E-state index in [1.165, 1.54) is 11.9 Å². The molecule has 0 amide bonds. The second kappa shape index (κ2) is 6.68. The first kappa shape index (κ1) is 14.8. The van der Waals surface area contributed by atoms with Gasteiger partial charge in [-0.15, -0.1) is 0 Å². The Morgan fingerprint density at radius 3 is 2.75 bits per heavy atom. The van der Waals surface area contributed by atoms with Gasteiger partial charge in [-0.1, -0.05) is 23.7 Å². The molecule has 1 atom stereocenters. The molecule has 4 nitrogen and oxygen atoms in total. The average Bonchev–Trinajstić information content (AvgIpc) is 2.48. The van der Waals surface area contributed by atoms with Gasteiger partial charge in [0.1, 0.15) is 6.33 Å². The molecule has 1 aromatic carbocycles. The smallest absolute Gasteiger partial charge is 0.216 e. The number of aryl methyl sites for hydroxylation is 1. The summed E-state index contributed by atoms with van der Waals surface area (Å²) in [5, 5.41) is 4.09. The van der Waals surface area contributed by atoms with E-state index in [9.17, 15) is 0 Å². The molecule has 1 aromatic heterocycles. The van der Waals surface area contributed by atoms with Gasteiger partial charge < -0.3 is 10.1 Å². The van der Waals surface area contributed by atoms with Crippen LogP contribution in [0.2, 0.25) is 5.02 Å². The number of likely N-dealkylation sites (N-methyl/N-ethyl adjacent to an activating group) is 1.